The first-order valence-electron chi connectivity index (χ1n) is 9.09. The van der Waals surface area contributed by atoms with Crippen molar-refractivity contribution in [3.8, 4) is 22.9 Å². The second-order valence-electron chi connectivity index (χ2n) is 6.51. The van der Waals surface area contributed by atoms with Crippen LogP contribution in [0.5, 0.6) is 11.6 Å². The summed E-state index contributed by atoms with van der Waals surface area (Å²) in [6.07, 6.45) is -3.56. The highest BCUT2D eigenvalue weighted by atomic mass is 35.5. The van der Waals surface area contributed by atoms with Crippen molar-refractivity contribution in [2.24, 2.45) is 0 Å². The van der Waals surface area contributed by atoms with Crippen LogP contribution in [0, 0.1) is 0 Å². The third-order valence-corrected chi connectivity index (χ3v) is 4.65. The van der Waals surface area contributed by atoms with Crippen molar-refractivity contribution in [2.75, 3.05) is 19.0 Å². The molecule has 0 atom stereocenters. The van der Waals surface area contributed by atoms with Gasteiger partial charge < -0.3 is 14.8 Å². The molecule has 6 nitrogen and oxygen atoms in total. The zero-order chi connectivity index (χ0) is 23.3. The molecule has 0 spiro atoms. The van der Waals surface area contributed by atoms with Gasteiger partial charge in [-0.05, 0) is 35.9 Å². The zero-order valence-corrected chi connectivity index (χ0v) is 18.1. The quantitative estimate of drug-likeness (QED) is 0.472. The minimum atomic E-state index is -4.56. The monoisotopic (exact) mass is 485 g/mol. The van der Waals surface area contributed by atoms with E-state index in [4.69, 9.17) is 27.9 Å². The van der Waals surface area contributed by atoms with E-state index in [0.717, 1.165) is 6.20 Å². The number of amides is 1. The van der Waals surface area contributed by atoms with Crippen LogP contribution in [0.15, 0.2) is 48.7 Å². The average Bonchev–Trinajstić information content (AvgIpc) is 2.73. The minimum absolute atomic E-state index is 0.0207. The molecule has 0 radical (unpaired) electrons. The maximum absolute atomic E-state index is 12.6. The lowest BCUT2D eigenvalue weighted by Gasteiger charge is -2.14. The lowest BCUT2D eigenvalue weighted by atomic mass is 10.1. The summed E-state index contributed by atoms with van der Waals surface area (Å²) in [6.45, 7) is -1.55. The highest BCUT2D eigenvalue weighted by Crippen LogP contribution is 2.34. The fourth-order valence-corrected chi connectivity index (χ4v) is 3.17. The summed E-state index contributed by atoms with van der Waals surface area (Å²) in [6, 6.07) is 11.4. The van der Waals surface area contributed by atoms with Gasteiger partial charge in [-0.1, -0.05) is 35.3 Å². The van der Waals surface area contributed by atoms with Gasteiger partial charge in [0.25, 0.3) is 0 Å². The Morgan fingerprint density at radius 2 is 1.84 bits per heavy atom. The number of ether oxygens (including phenoxy) is 2. The Kier molecular flexibility index (Phi) is 7.42. The van der Waals surface area contributed by atoms with E-state index < -0.39 is 24.6 Å². The van der Waals surface area contributed by atoms with E-state index in [-0.39, 0.29) is 23.0 Å². The Labute approximate surface area is 191 Å². The molecule has 0 saturated heterocycles. The summed E-state index contributed by atoms with van der Waals surface area (Å²) in [5.74, 6) is -0.346. The van der Waals surface area contributed by atoms with Crippen molar-refractivity contribution in [3.63, 3.8) is 0 Å². The van der Waals surface area contributed by atoms with Crippen LogP contribution in [0.3, 0.4) is 0 Å². The smallest absolute Gasteiger partial charge is 0.422 e. The van der Waals surface area contributed by atoms with Crippen LogP contribution in [-0.2, 0) is 11.2 Å². The van der Waals surface area contributed by atoms with E-state index in [1.54, 1.807) is 36.4 Å². The number of hydrogen-bond acceptors (Lipinski definition) is 5. The summed E-state index contributed by atoms with van der Waals surface area (Å²) in [4.78, 5) is 20.7. The fourth-order valence-electron chi connectivity index (χ4n) is 2.67. The molecule has 0 aliphatic rings. The van der Waals surface area contributed by atoms with E-state index in [9.17, 15) is 18.0 Å². The standard InChI is InChI=1S/C21H16Cl2F3N3O3/c1-31-14-5-2-12(3-6-14)8-17(30)28-20-19(15-7-4-13(22)9-16(15)23)27-10-18(29-20)32-11-21(24,25)26/h2-7,9-10H,8,11H2,1H3,(H,28,29,30). The average molecular weight is 486 g/mol. The predicted octanol–water partition coefficient (Wildman–Crippen LogP) is 5.58. The molecule has 1 aromatic heterocycles. The largest absolute Gasteiger partial charge is 0.497 e. The number of hydrogen-bond donors (Lipinski definition) is 1. The molecule has 32 heavy (non-hydrogen) atoms. The third kappa shape index (κ3) is 6.48. The third-order valence-electron chi connectivity index (χ3n) is 4.10. The SMILES string of the molecule is COc1ccc(CC(=O)Nc2nc(OCC(F)(F)F)cnc2-c2ccc(Cl)cc2Cl)cc1. The summed E-state index contributed by atoms with van der Waals surface area (Å²) >= 11 is 12.2. The van der Waals surface area contributed by atoms with Gasteiger partial charge in [-0.3, -0.25) is 4.79 Å². The van der Waals surface area contributed by atoms with E-state index in [0.29, 0.717) is 21.9 Å². The number of benzene rings is 2. The summed E-state index contributed by atoms with van der Waals surface area (Å²) in [7, 11) is 1.53. The van der Waals surface area contributed by atoms with Gasteiger partial charge in [-0.2, -0.15) is 18.2 Å². The van der Waals surface area contributed by atoms with Crippen molar-refractivity contribution in [3.05, 3.63) is 64.3 Å². The Bertz CT molecular complexity index is 1110. The topological polar surface area (TPSA) is 73.3 Å². The number of alkyl halides is 3. The van der Waals surface area contributed by atoms with Gasteiger partial charge in [0.15, 0.2) is 12.4 Å². The zero-order valence-electron chi connectivity index (χ0n) is 16.5. The number of anilines is 1. The highest BCUT2D eigenvalue weighted by Gasteiger charge is 2.29. The van der Waals surface area contributed by atoms with Gasteiger partial charge in [-0.15, -0.1) is 0 Å². The van der Waals surface area contributed by atoms with E-state index >= 15 is 0 Å². The van der Waals surface area contributed by atoms with Gasteiger partial charge in [0.05, 0.1) is 24.8 Å². The van der Waals surface area contributed by atoms with E-state index in [1.807, 2.05) is 0 Å². The number of aromatic nitrogens is 2. The minimum Gasteiger partial charge on any atom is -0.497 e. The molecular formula is C21H16Cl2F3N3O3. The molecule has 2 aromatic carbocycles. The van der Waals surface area contributed by atoms with Crippen molar-refractivity contribution < 1.29 is 27.4 Å². The van der Waals surface area contributed by atoms with Crippen molar-refractivity contribution >= 4 is 34.9 Å². The van der Waals surface area contributed by atoms with E-state index in [2.05, 4.69) is 20.0 Å². The Morgan fingerprint density at radius 1 is 1.12 bits per heavy atom. The number of rotatable bonds is 7. The second-order valence-corrected chi connectivity index (χ2v) is 7.35. The summed E-state index contributed by atoms with van der Waals surface area (Å²) in [5.41, 5.74) is 1.21. The first kappa shape index (κ1) is 23.6. The Hall–Kier alpha value is -3.04. The van der Waals surface area contributed by atoms with Crippen LogP contribution < -0.4 is 14.8 Å². The van der Waals surface area contributed by atoms with Gasteiger partial charge in [0.1, 0.15) is 11.4 Å². The predicted molar refractivity (Wildman–Crippen MR) is 114 cm³/mol. The molecule has 1 heterocycles. The molecule has 1 N–H and O–H groups in total. The molecular weight excluding hydrogens is 470 g/mol. The van der Waals surface area contributed by atoms with Crippen molar-refractivity contribution in [1.29, 1.82) is 0 Å². The number of carbonyl (C=O) groups excluding carboxylic acids is 1. The maximum atomic E-state index is 12.6. The highest BCUT2D eigenvalue weighted by molar-refractivity contribution is 6.36. The molecule has 1 amide bonds. The fraction of sp³-hybridized carbons (Fsp3) is 0.190. The molecule has 0 aliphatic carbocycles. The number of halogens is 5. The number of nitrogens with zero attached hydrogens (tertiary/aromatic N) is 2. The van der Waals surface area contributed by atoms with Crippen LogP contribution in [0.4, 0.5) is 19.0 Å². The van der Waals surface area contributed by atoms with Crippen LogP contribution in [0.2, 0.25) is 10.0 Å². The molecule has 11 heteroatoms. The molecule has 3 rings (SSSR count). The summed E-state index contributed by atoms with van der Waals surface area (Å²) < 4.78 is 47.2. The first-order valence-corrected chi connectivity index (χ1v) is 9.85. The number of methoxy groups -OCH3 is 1. The molecule has 168 valence electrons. The Morgan fingerprint density at radius 3 is 2.47 bits per heavy atom. The van der Waals surface area contributed by atoms with E-state index in [1.165, 1.54) is 13.2 Å². The number of nitrogens with one attached hydrogen (secondary N) is 1. The van der Waals surface area contributed by atoms with Gasteiger partial charge in [0, 0.05) is 10.6 Å². The molecule has 0 unspecified atom stereocenters. The molecule has 0 bridgehead atoms. The van der Waals surface area contributed by atoms with Gasteiger partial charge in [0.2, 0.25) is 11.8 Å². The molecule has 0 fully saturated rings. The van der Waals surface area contributed by atoms with Crippen molar-refractivity contribution in [2.45, 2.75) is 12.6 Å². The lowest BCUT2D eigenvalue weighted by molar-refractivity contribution is -0.154. The second kappa shape index (κ2) is 10.1. The van der Waals surface area contributed by atoms with Crippen LogP contribution >= 0.6 is 23.2 Å². The van der Waals surface area contributed by atoms with Crippen LogP contribution in [0.1, 0.15) is 5.56 Å². The van der Waals surface area contributed by atoms with Crippen molar-refractivity contribution in [1.82, 2.24) is 9.97 Å². The first-order chi connectivity index (χ1) is 15.1. The molecule has 3 aromatic rings. The molecule has 0 saturated carbocycles. The van der Waals surface area contributed by atoms with Crippen LogP contribution in [0.25, 0.3) is 11.3 Å². The maximum Gasteiger partial charge on any atom is 0.422 e. The normalized spacial score (nSPS) is 11.2. The Balaban J connectivity index is 1.89. The lowest BCUT2D eigenvalue weighted by Crippen LogP contribution is -2.21. The number of carbonyl (C=O) groups is 1. The summed E-state index contributed by atoms with van der Waals surface area (Å²) in [5, 5.41) is 3.17. The van der Waals surface area contributed by atoms with Gasteiger partial charge in [-0.25, -0.2) is 4.98 Å². The van der Waals surface area contributed by atoms with Gasteiger partial charge >= 0.3 is 6.18 Å². The molecule has 0 aliphatic heterocycles. The van der Waals surface area contributed by atoms with Crippen LogP contribution in [-0.4, -0.2) is 35.8 Å².